The first-order valence-electron chi connectivity index (χ1n) is 9.13. The second-order valence-corrected chi connectivity index (χ2v) is 7.50. The lowest BCUT2D eigenvalue weighted by molar-refractivity contribution is 0.178. The van der Waals surface area contributed by atoms with Gasteiger partial charge in [-0.1, -0.05) is 48.0 Å². The molecular formula is C22H22ClN3O. The second-order valence-electron chi connectivity index (χ2n) is 7.09. The summed E-state index contributed by atoms with van der Waals surface area (Å²) in [6.07, 6.45) is 2.04. The number of carbonyl (C=O) groups is 1. The Morgan fingerprint density at radius 1 is 1.07 bits per heavy atom. The molecule has 0 radical (unpaired) electrons. The molecule has 5 heteroatoms. The number of nitrogens with one attached hydrogen (secondary N) is 1. The van der Waals surface area contributed by atoms with Crippen molar-refractivity contribution in [3.8, 4) is 5.69 Å². The Morgan fingerprint density at radius 2 is 1.81 bits per heavy atom. The molecule has 2 aromatic carbocycles. The highest BCUT2D eigenvalue weighted by molar-refractivity contribution is 6.31. The summed E-state index contributed by atoms with van der Waals surface area (Å²) >= 11 is 6.56. The molecule has 1 aromatic heterocycles. The highest BCUT2D eigenvalue weighted by Crippen LogP contribution is 2.38. The number of aromatic nitrogens is 1. The lowest BCUT2D eigenvalue weighted by Crippen LogP contribution is -2.44. The van der Waals surface area contributed by atoms with Gasteiger partial charge in [-0.2, -0.15) is 0 Å². The second kappa shape index (κ2) is 7.12. The number of carbonyl (C=O) groups excluding carboxylic acids is 1. The smallest absolute Gasteiger partial charge is 0.318 e. The molecule has 0 saturated heterocycles. The molecule has 138 valence electrons. The zero-order valence-electron chi connectivity index (χ0n) is 15.4. The molecule has 4 nitrogen and oxygen atoms in total. The number of hydrogen-bond donors (Lipinski definition) is 1. The van der Waals surface area contributed by atoms with E-state index < -0.39 is 0 Å². The summed E-state index contributed by atoms with van der Waals surface area (Å²) in [4.78, 5) is 15.0. The van der Waals surface area contributed by atoms with Crippen molar-refractivity contribution in [2.45, 2.75) is 32.5 Å². The zero-order chi connectivity index (χ0) is 19.0. The minimum atomic E-state index is -0.278. The topological polar surface area (TPSA) is 37.3 Å². The Kier molecular flexibility index (Phi) is 4.66. The first-order chi connectivity index (χ1) is 13.1. The summed E-state index contributed by atoms with van der Waals surface area (Å²) in [5, 5.41) is 3.70. The van der Waals surface area contributed by atoms with Crippen molar-refractivity contribution in [3.63, 3.8) is 0 Å². The Bertz CT molecular complexity index is 979. The number of nitrogens with zero attached hydrogens (tertiary/aromatic N) is 2. The molecule has 3 aromatic rings. The maximum atomic E-state index is 13.2. The fraction of sp³-hybridized carbons (Fsp3) is 0.227. The maximum absolute atomic E-state index is 13.2. The van der Waals surface area contributed by atoms with E-state index in [9.17, 15) is 4.79 Å². The number of halogens is 1. The summed E-state index contributed by atoms with van der Waals surface area (Å²) in [6, 6.07) is 19.7. The van der Waals surface area contributed by atoms with Crippen LogP contribution in [0.2, 0.25) is 5.02 Å². The van der Waals surface area contributed by atoms with Gasteiger partial charge in [-0.25, -0.2) is 4.79 Å². The van der Waals surface area contributed by atoms with Crippen LogP contribution < -0.4 is 5.32 Å². The van der Waals surface area contributed by atoms with Crippen molar-refractivity contribution in [2.24, 2.45) is 0 Å². The van der Waals surface area contributed by atoms with Gasteiger partial charge in [0.15, 0.2) is 0 Å². The Balaban J connectivity index is 1.93. The number of fused-ring (bicyclic) bond motifs is 3. The van der Waals surface area contributed by atoms with Crippen LogP contribution in [0.5, 0.6) is 0 Å². The van der Waals surface area contributed by atoms with Gasteiger partial charge in [-0.15, -0.1) is 0 Å². The van der Waals surface area contributed by atoms with Gasteiger partial charge < -0.3 is 14.8 Å². The quantitative estimate of drug-likeness (QED) is 0.656. The van der Waals surface area contributed by atoms with Gasteiger partial charge in [-0.3, -0.25) is 0 Å². The first kappa shape index (κ1) is 17.7. The molecule has 1 aliphatic rings. The van der Waals surface area contributed by atoms with Crippen molar-refractivity contribution in [3.05, 3.63) is 88.7 Å². The lowest BCUT2D eigenvalue weighted by Gasteiger charge is -2.32. The summed E-state index contributed by atoms with van der Waals surface area (Å²) in [5.74, 6) is 0. The summed E-state index contributed by atoms with van der Waals surface area (Å²) in [6.45, 7) is 4.44. The average molecular weight is 380 g/mol. The van der Waals surface area contributed by atoms with E-state index in [0.29, 0.717) is 11.6 Å². The van der Waals surface area contributed by atoms with Crippen molar-refractivity contribution < 1.29 is 4.79 Å². The van der Waals surface area contributed by atoms with Gasteiger partial charge in [0.1, 0.15) is 6.04 Å². The van der Waals surface area contributed by atoms with E-state index in [1.807, 2.05) is 67.4 Å². The molecular weight excluding hydrogens is 358 g/mol. The first-order valence-corrected chi connectivity index (χ1v) is 9.51. The normalized spacial score (nSPS) is 15.9. The van der Waals surface area contributed by atoms with Crippen LogP contribution in [0.3, 0.4) is 0 Å². The number of para-hydroxylation sites is 1. The van der Waals surface area contributed by atoms with E-state index >= 15 is 0 Å². The number of hydrogen-bond acceptors (Lipinski definition) is 1. The molecule has 0 fully saturated rings. The van der Waals surface area contributed by atoms with Crippen LogP contribution in [0.4, 0.5) is 4.79 Å². The van der Waals surface area contributed by atoms with Gasteiger partial charge in [0.25, 0.3) is 0 Å². The molecule has 1 aliphatic heterocycles. The van der Waals surface area contributed by atoms with E-state index in [2.05, 4.69) is 28.1 Å². The molecule has 2 heterocycles. The van der Waals surface area contributed by atoms with Crippen LogP contribution >= 0.6 is 11.6 Å². The molecule has 0 saturated carbocycles. The number of rotatable bonds is 2. The van der Waals surface area contributed by atoms with E-state index in [0.717, 1.165) is 22.5 Å². The Labute approximate surface area is 164 Å². The van der Waals surface area contributed by atoms with E-state index in [4.69, 9.17) is 11.6 Å². The number of amides is 2. The van der Waals surface area contributed by atoms with Crippen LogP contribution in [-0.2, 0) is 6.54 Å². The average Bonchev–Trinajstić information content (AvgIpc) is 3.07. The lowest BCUT2D eigenvalue weighted by atomic mass is 10.0. The Morgan fingerprint density at radius 3 is 2.59 bits per heavy atom. The predicted molar refractivity (Wildman–Crippen MR) is 108 cm³/mol. The molecule has 4 rings (SSSR count). The molecule has 2 amide bonds. The van der Waals surface area contributed by atoms with E-state index in [-0.39, 0.29) is 18.1 Å². The van der Waals surface area contributed by atoms with Crippen LogP contribution in [-0.4, -0.2) is 21.5 Å². The molecule has 0 unspecified atom stereocenters. The fourth-order valence-electron chi connectivity index (χ4n) is 3.69. The van der Waals surface area contributed by atoms with Crippen LogP contribution in [0, 0.1) is 0 Å². The summed E-state index contributed by atoms with van der Waals surface area (Å²) in [5.41, 5.74) is 4.13. The van der Waals surface area contributed by atoms with Gasteiger partial charge in [-0.05, 0) is 49.2 Å². The van der Waals surface area contributed by atoms with Gasteiger partial charge in [0.2, 0.25) is 0 Å². The fourth-order valence-corrected chi connectivity index (χ4v) is 3.93. The third-order valence-corrected chi connectivity index (χ3v) is 5.18. The summed E-state index contributed by atoms with van der Waals surface area (Å²) in [7, 11) is 0. The minimum absolute atomic E-state index is 0.0506. The predicted octanol–water partition coefficient (Wildman–Crippen LogP) is 5.15. The SMILES string of the molecule is CC(C)NC(=O)N1Cc2ccccc2-n2cccc2[C@H]1c1ccccc1Cl. The molecule has 0 bridgehead atoms. The van der Waals surface area contributed by atoms with Gasteiger partial charge >= 0.3 is 6.03 Å². The van der Waals surface area contributed by atoms with Crippen LogP contribution in [0.15, 0.2) is 66.9 Å². The summed E-state index contributed by atoms with van der Waals surface area (Å²) < 4.78 is 2.16. The van der Waals surface area contributed by atoms with E-state index in [1.54, 1.807) is 0 Å². The largest absolute Gasteiger partial charge is 0.336 e. The van der Waals surface area contributed by atoms with Crippen molar-refractivity contribution >= 4 is 17.6 Å². The minimum Gasteiger partial charge on any atom is -0.336 e. The molecule has 1 N–H and O–H groups in total. The van der Waals surface area contributed by atoms with Crippen molar-refractivity contribution in [2.75, 3.05) is 0 Å². The van der Waals surface area contributed by atoms with Crippen LogP contribution in [0.1, 0.15) is 36.7 Å². The van der Waals surface area contributed by atoms with Crippen molar-refractivity contribution in [1.29, 1.82) is 0 Å². The highest BCUT2D eigenvalue weighted by Gasteiger charge is 2.34. The van der Waals surface area contributed by atoms with Crippen molar-refractivity contribution in [1.82, 2.24) is 14.8 Å². The van der Waals surface area contributed by atoms with Gasteiger partial charge in [0, 0.05) is 17.3 Å². The molecule has 0 spiro atoms. The third kappa shape index (κ3) is 3.21. The zero-order valence-corrected chi connectivity index (χ0v) is 16.1. The molecule has 1 atom stereocenters. The molecule has 0 aliphatic carbocycles. The highest BCUT2D eigenvalue weighted by atomic mass is 35.5. The number of benzene rings is 2. The van der Waals surface area contributed by atoms with Crippen LogP contribution in [0.25, 0.3) is 5.69 Å². The molecule has 27 heavy (non-hydrogen) atoms. The number of urea groups is 1. The maximum Gasteiger partial charge on any atom is 0.318 e. The Hall–Kier alpha value is -2.72. The van der Waals surface area contributed by atoms with Gasteiger partial charge in [0.05, 0.1) is 17.9 Å². The standard InChI is InChI=1S/C22H22ClN3O/c1-15(2)24-22(27)26-14-16-8-3-6-11-19(16)25-13-7-12-20(25)21(26)17-9-4-5-10-18(17)23/h3-13,15,21H,14H2,1-2H3,(H,24,27)/t21-/m1/s1. The van der Waals surface area contributed by atoms with E-state index in [1.165, 1.54) is 0 Å². The third-order valence-electron chi connectivity index (χ3n) is 4.84. The monoisotopic (exact) mass is 379 g/mol.